The number of hydrogen-bond acceptors (Lipinski definition) is 3. The second-order valence-electron chi connectivity index (χ2n) is 5.37. The van der Waals surface area contributed by atoms with E-state index < -0.39 is 5.41 Å². The van der Waals surface area contributed by atoms with Crippen molar-refractivity contribution in [3.63, 3.8) is 0 Å². The molecule has 2 aromatic rings. The molecule has 1 aromatic heterocycles. The molecule has 0 bridgehead atoms. The Hall–Kier alpha value is -2.43. The van der Waals surface area contributed by atoms with Crippen molar-refractivity contribution in [2.75, 3.05) is 11.1 Å². The van der Waals surface area contributed by atoms with E-state index in [0.717, 1.165) is 25.0 Å². The van der Waals surface area contributed by atoms with Gasteiger partial charge < -0.3 is 11.1 Å². The number of pyridine rings is 1. The molecule has 1 fully saturated rings. The highest BCUT2D eigenvalue weighted by molar-refractivity contribution is 5.99. The first-order valence-electron chi connectivity index (χ1n) is 6.89. The molecule has 3 rings (SSSR count). The molecule has 4 nitrogen and oxygen atoms in total. The summed E-state index contributed by atoms with van der Waals surface area (Å²) in [5, 5.41) is 2.85. The lowest BCUT2D eigenvalue weighted by atomic mass is 9.65. The largest absolute Gasteiger partial charge is 0.397 e. The molecule has 0 aliphatic heterocycles. The molecule has 1 heterocycles. The van der Waals surface area contributed by atoms with Crippen molar-refractivity contribution in [1.29, 1.82) is 0 Å². The van der Waals surface area contributed by atoms with Crippen LogP contribution < -0.4 is 11.1 Å². The maximum atomic E-state index is 12.9. The van der Waals surface area contributed by atoms with Gasteiger partial charge in [0.15, 0.2) is 0 Å². The van der Waals surface area contributed by atoms with Gasteiger partial charge in [0.25, 0.3) is 0 Å². The third-order valence-electron chi connectivity index (χ3n) is 4.02. The van der Waals surface area contributed by atoms with Gasteiger partial charge in [-0.3, -0.25) is 9.78 Å². The van der Waals surface area contributed by atoms with Crippen LogP contribution in [0.4, 0.5) is 15.8 Å². The van der Waals surface area contributed by atoms with Crippen LogP contribution in [0, 0.1) is 5.82 Å². The molecule has 0 atom stereocenters. The highest BCUT2D eigenvalue weighted by atomic mass is 19.1. The van der Waals surface area contributed by atoms with E-state index in [1.54, 1.807) is 30.5 Å². The minimum absolute atomic E-state index is 0.0994. The third-order valence-corrected chi connectivity index (χ3v) is 4.02. The Balaban J connectivity index is 1.83. The molecule has 1 aromatic carbocycles. The number of nitrogens with two attached hydrogens (primary N) is 1. The van der Waals surface area contributed by atoms with E-state index in [1.165, 1.54) is 12.1 Å². The zero-order chi connectivity index (χ0) is 14.9. The number of anilines is 2. The lowest BCUT2D eigenvalue weighted by Gasteiger charge is -2.39. The van der Waals surface area contributed by atoms with Gasteiger partial charge in [0.05, 0.1) is 23.0 Å². The molecule has 5 heteroatoms. The van der Waals surface area contributed by atoms with Gasteiger partial charge in [-0.15, -0.1) is 0 Å². The second-order valence-corrected chi connectivity index (χ2v) is 5.37. The molecule has 108 valence electrons. The summed E-state index contributed by atoms with van der Waals surface area (Å²) < 4.78 is 12.9. The van der Waals surface area contributed by atoms with E-state index in [2.05, 4.69) is 10.3 Å². The van der Waals surface area contributed by atoms with Gasteiger partial charge in [-0.1, -0.05) is 6.42 Å². The summed E-state index contributed by atoms with van der Waals surface area (Å²) in [6, 6.07) is 9.31. The van der Waals surface area contributed by atoms with Crippen LogP contribution in [-0.4, -0.2) is 10.9 Å². The minimum Gasteiger partial charge on any atom is -0.397 e. The lowest BCUT2D eigenvalue weighted by Crippen LogP contribution is -2.46. The number of halogens is 1. The summed E-state index contributed by atoms with van der Waals surface area (Å²) >= 11 is 0. The number of benzene rings is 1. The number of nitrogen functional groups attached to an aromatic ring is 1. The molecule has 1 amide bonds. The maximum absolute atomic E-state index is 12.9. The van der Waals surface area contributed by atoms with E-state index in [4.69, 9.17) is 5.73 Å². The Morgan fingerprint density at radius 1 is 1.19 bits per heavy atom. The van der Waals surface area contributed by atoms with Crippen LogP contribution in [0.2, 0.25) is 0 Å². The van der Waals surface area contributed by atoms with Crippen molar-refractivity contribution in [1.82, 2.24) is 4.98 Å². The van der Waals surface area contributed by atoms with Gasteiger partial charge in [0.2, 0.25) is 5.91 Å². The van der Waals surface area contributed by atoms with Crippen molar-refractivity contribution in [2.45, 2.75) is 24.7 Å². The normalized spacial score (nSPS) is 16.0. The summed E-state index contributed by atoms with van der Waals surface area (Å²) in [5.74, 6) is -0.427. The maximum Gasteiger partial charge on any atom is 0.236 e. The van der Waals surface area contributed by atoms with E-state index in [-0.39, 0.29) is 11.7 Å². The zero-order valence-electron chi connectivity index (χ0n) is 11.5. The zero-order valence-corrected chi connectivity index (χ0v) is 11.5. The fourth-order valence-electron chi connectivity index (χ4n) is 2.60. The SMILES string of the molecule is Nc1ccc(C2(C(=O)Nc3ccc(F)cc3)CCC2)nc1. The van der Waals surface area contributed by atoms with E-state index in [9.17, 15) is 9.18 Å². The molecule has 0 spiro atoms. The van der Waals surface area contributed by atoms with Crippen LogP contribution in [0.25, 0.3) is 0 Å². The molecule has 21 heavy (non-hydrogen) atoms. The number of nitrogens with one attached hydrogen (secondary N) is 1. The minimum atomic E-state index is -0.595. The van der Waals surface area contributed by atoms with Crippen LogP contribution in [0.1, 0.15) is 25.0 Å². The Kier molecular flexibility index (Phi) is 3.33. The standard InChI is InChI=1S/C16H16FN3O/c17-11-2-5-13(6-3-11)20-15(21)16(8-1-9-16)14-7-4-12(18)10-19-14/h2-7,10H,1,8-9,18H2,(H,20,21). The Morgan fingerprint density at radius 3 is 2.43 bits per heavy atom. The fourth-order valence-corrected chi connectivity index (χ4v) is 2.60. The summed E-state index contributed by atoms with van der Waals surface area (Å²) in [6.45, 7) is 0. The quantitative estimate of drug-likeness (QED) is 0.911. The van der Waals surface area contributed by atoms with Gasteiger partial charge >= 0.3 is 0 Å². The molecule has 0 radical (unpaired) electrons. The van der Waals surface area contributed by atoms with Crippen molar-refractivity contribution in [3.05, 3.63) is 54.1 Å². The monoisotopic (exact) mass is 285 g/mol. The smallest absolute Gasteiger partial charge is 0.236 e. The van der Waals surface area contributed by atoms with Gasteiger partial charge in [-0.25, -0.2) is 4.39 Å². The first kappa shape index (κ1) is 13.5. The molecule has 1 aliphatic carbocycles. The van der Waals surface area contributed by atoms with Gasteiger partial charge in [0, 0.05) is 5.69 Å². The number of rotatable bonds is 3. The van der Waals surface area contributed by atoms with Gasteiger partial charge in [-0.05, 0) is 49.2 Å². The van der Waals surface area contributed by atoms with Crippen LogP contribution >= 0.6 is 0 Å². The Morgan fingerprint density at radius 2 is 1.90 bits per heavy atom. The predicted octanol–water partition coefficient (Wildman–Crippen LogP) is 2.86. The Labute approximate surface area is 122 Å². The lowest BCUT2D eigenvalue weighted by molar-refractivity contribution is -0.124. The van der Waals surface area contributed by atoms with Crippen LogP contribution in [0.15, 0.2) is 42.6 Å². The van der Waals surface area contributed by atoms with Gasteiger partial charge in [0.1, 0.15) is 5.82 Å². The second kappa shape index (κ2) is 5.16. The molecule has 1 aliphatic rings. The molecule has 3 N–H and O–H groups in total. The number of aromatic nitrogens is 1. The van der Waals surface area contributed by atoms with Crippen molar-refractivity contribution < 1.29 is 9.18 Å². The van der Waals surface area contributed by atoms with Crippen LogP contribution in [-0.2, 0) is 10.2 Å². The van der Waals surface area contributed by atoms with Gasteiger partial charge in [-0.2, -0.15) is 0 Å². The summed E-state index contributed by atoms with van der Waals surface area (Å²) in [7, 11) is 0. The van der Waals surface area contributed by atoms with E-state index in [0.29, 0.717) is 11.4 Å². The third kappa shape index (κ3) is 2.46. The fraction of sp³-hybridized carbons (Fsp3) is 0.250. The average molecular weight is 285 g/mol. The number of hydrogen-bond donors (Lipinski definition) is 2. The van der Waals surface area contributed by atoms with Crippen molar-refractivity contribution in [3.8, 4) is 0 Å². The number of carbonyl (C=O) groups excluding carboxylic acids is 1. The average Bonchev–Trinajstić information content (AvgIpc) is 2.42. The summed E-state index contributed by atoms with van der Waals surface area (Å²) in [6.07, 6.45) is 4.08. The van der Waals surface area contributed by atoms with Crippen LogP contribution in [0.3, 0.4) is 0 Å². The highest BCUT2D eigenvalue weighted by Gasteiger charge is 2.46. The van der Waals surface area contributed by atoms with E-state index in [1.807, 2.05) is 0 Å². The molecule has 0 saturated heterocycles. The summed E-state index contributed by atoms with van der Waals surface area (Å²) in [5.41, 5.74) is 6.95. The first-order chi connectivity index (χ1) is 10.1. The van der Waals surface area contributed by atoms with Crippen LogP contribution in [0.5, 0.6) is 0 Å². The van der Waals surface area contributed by atoms with E-state index >= 15 is 0 Å². The Bertz CT molecular complexity index is 648. The number of nitrogens with zero attached hydrogens (tertiary/aromatic N) is 1. The molecular weight excluding hydrogens is 269 g/mol. The predicted molar refractivity (Wildman–Crippen MR) is 79.2 cm³/mol. The van der Waals surface area contributed by atoms with Crippen molar-refractivity contribution >= 4 is 17.3 Å². The first-order valence-corrected chi connectivity index (χ1v) is 6.89. The molecule has 1 saturated carbocycles. The number of amides is 1. The molecule has 0 unspecified atom stereocenters. The summed E-state index contributed by atoms with van der Waals surface area (Å²) in [4.78, 5) is 16.9. The topological polar surface area (TPSA) is 68.0 Å². The van der Waals surface area contributed by atoms with Crippen molar-refractivity contribution in [2.24, 2.45) is 0 Å². The highest BCUT2D eigenvalue weighted by Crippen LogP contribution is 2.43. The number of carbonyl (C=O) groups is 1. The molecular formula is C16H16FN3O.